The highest BCUT2D eigenvalue weighted by Crippen LogP contribution is 2.23. The molecule has 0 bridgehead atoms. The van der Waals surface area contributed by atoms with E-state index in [1.807, 2.05) is 60.4 Å². The summed E-state index contributed by atoms with van der Waals surface area (Å²) in [5.74, 6) is 0.585. The number of carbonyl (C=O) groups excluding carboxylic acids is 2. The van der Waals surface area contributed by atoms with Gasteiger partial charge in [-0.3, -0.25) is 9.59 Å². The Labute approximate surface area is 152 Å². The highest BCUT2D eigenvalue weighted by Gasteiger charge is 2.21. The van der Waals surface area contributed by atoms with E-state index in [1.54, 1.807) is 11.8 Å². The van der Waals surface area contributed by atoms with Crippen molar-refractivity contribution >= 4 is 29.3 Å². The minimum Gasteiger partial charge on any atom is -0.351 e. The van der Waals surface area contributed by atoms with Crippen molar-refractivity contribution in [2.45, 2.75) is 31.2 Å². The minimum atomic E-state index is 0.0101. The molecule has 1 saturated heterocycles. The lowest BCUT2D eigenvalue weighted by atomic mass is 10.2. The molecule has 3 rings (SSSR count). The van der Waals surface area contributed by atoms with Crippen LogP contribution in [0.4, 0.5) is 5.69 Å². The predicted octanol–water partition coefficient (Wildman–Crippen LogP) is 3.53. The number of nitrogens with one attached hydrogen (secondary N) is 1. The van der Waals surface area contributed by atoms with Crippen molar-refractivity contribution < 1.29 is 9.59 Å². The molecule has 0 saturated carbocycles. The maximum atomic E-state index is 12.1. The van der Waals surface area contributed by atoms with Gasteiger partial charge in [0.2, 0.25) is 11.8 Å². The van der Waals surface area contributed by atoms with E-state index in [0.29, 0.717) is 18.7 Å². The summed E-state index contributed by atoms with van der Waals surface area (Å²) in [4.78, 5) is 26.9. The number of anilines is 1. The number of hydrogen-bond donors (Lipinski definition) is 1. The Morgan fingerprint density at radius 3 is 2.80 bits per heavy atom. The van der Waals surface area contributed by atoms with Crippen molar-refractivity contribution in [2.24, 2.45) is 0 Å². The van der Waals surface area contributed by atoms with E-state index in [9.17, 15) is 9.59 Å². The van der Waals surface area contributed by atoms with Crippen LogP contribution in [0.25, 0.3) is 0 Å². The molecule has 0 aliphatic carbocycles. The Morgan fingerprint density at radius 2 is 2.04 bits per heavy atom. The van der Waals surface area contributed by atoms with Crippen molar-refractivity contribution in [3.63, 3.8) is 0 Å². The Bertz CT molecular complexity index is 776. The third-order valence-corrected chi connectivity index (χ3v) is 5.41. The number of benzene rings is 2. The van der Waals surface area contributed by atoms with Crippen LogP contribution in [-0.4, -0.2) is 24.1 Å². The van der Waals surface area contributed by atoms with E-state index in [2.05, 4.69) is 5.32 Å². The molecule has 4 nitrogen and oxygen atoms in total. The van der Waals surface area contributed by atoms with Crippen LogP contribution < -0.4 is 10.2 Å². The topological polar surface area (TPSA) is 49.4 Å². The summed E-state index contributed by atoms with van der Waals surface area (Å²) >= 11 is 1.55. The SMILES string of the molecule is Cc1ccccc1SCC(=O)NCc1cccc(N2CCCC2=O)c1. The first kappa shape index (κ1) is 17.5. The summed E-state index contributed by atoms with van der Waals surface area (Å²) in [6.07, 6.45) is 1.53. The van der Waals surface area contributed by atoms with Gasteiger partial charge in [0, 0.05) is 30.1 Å². The summed E-state index contributed by atoms with van der Waals surface area (Å²) in [5, 5.41) is 2.95. The first-order valence-corrected chi connectivity index (χ1v) is 9.46. The zero-order valence-electron chi connectivity index (χ0n) is 14.3. The Hall–Kier alpha value is -2.27. The Kier molecular flexibility index (Phi) is 5.76. The molecule has 5 heteroatoms. The molecule has 0 unspecified atom stereocenters. The first-order valence-electron chi connectivity index (χ1n) is 8.48. The second-order valence-electron chi connectivity index (χ2n) is 6.15. The summed E-state index contributed by atoms with van der Waals surface area (Å²) in [7, 11) is 0. The van der Waals surface area contributed by atoms with Crippen LogP contribution in [0.3, 0.4) is 0 Å². The summed E-state index contributed by atoms with van der Waals surface area (Å²) in [6.45, 7) is 3.30. The van der Waals surface area contributed by atoms with E-state index in [4.69, 9.17) is 0 Å². The van der Waals surface area contributed by atoms with Crippen LogP contribution in [0.15, 0.2) is 53.4 Å². The van der Waals surface area contributed by atoms with Crippen LogP contribution in [0.5, 0.6) is 0 Å². The molecule has 0 spiro atoms. The molecule has 2 amide bonds. The zero-order chi connectivity index (χ0) is 17.6. The van der Waals surface area contributed by atoms with Crippen molar-refractivity contribution in [2.75, 3.05) is 17.2 Å². The second kappa shape index (κ2) is 8.21. The zero-order valence-corrected chi connectivity index (χ0v) is 15.1. The smallest absolute Gasteiger partial charge is 0.230 e. The fraction of sp³-hybridized carbons (Fsp3) is 0.300. The molecule has 1 N–H and O–H groups in total. The van der Waals surface area contributed by atoms with Gasteiger partial charge in [0.15, 0.2) is 0 Å². The molecule has 0 atom stereocenters. The number of amides is 2. The van der Waals surface area contributed by atoms with E-state index < -0.39 is 0 Å². The fourth-order valence-electron chi connectivity index (χ4n) is 2.87. The highest BCUT2D eigenvalue weighted by molar-refractivity contribution is 8.00. The van der Waals surface area contributed by atoms with Crippen LogP contribution in [-0.2, 0) is 16.1 Å². The minimum absolute atomic E-state index is 0.0101. The molecule has 1 heterocycles. The van der Waals surface area contributed by atoms with Gasteiger partial charge in [0.05, 0.1) is 5.75 Å². The molecule has 2 aromatic rings. The average molecular weight is 354 g/mol. The summed E-state index contributed by atoms with van der Waals surface area (Å²) in [5.41, 5.74) is 3.11. The predicted molar refractivity (Wildman–Crippen MR) is 102 cm³/mol. The number of hydrogen-bond acceptors (Lipinski definition) is 3. The third kappa shape index (κ3) is 4.63. The normalized spacial score (nSPS) is 14.0. The number of aryl methyl sites for hydroxylation is 1. The molecule has 1 aliphatic rings. The average Bonchev–Trinajstić information content (AvgIpc) is 3.05. The van der Waals surface area contributed by atoms with Gasteiger partial charge in [0.25, 0.3) is 0 Å². The molecule has 2 aromatic carbocycles. The molecule has 130 valence electrons. The summed E-state index contributed by atoms with van der Waals surface area (Å²) < 4.78 is 0. The van der Waals surface area contributed by atoms with Gasteiger partial charge in [0.1, 0.15) is 0 Å². The van der Waals surface area contributed by atoms with E-state index in [1.165, 1.54) is 5.56 Å². The largest absolute Gasteiger partial charge is 0.351 e. The molecule has 1 fully saturated rings. The lowest BCUT2D eigenvalue weighted by molar-refractivity contribution is -0.119. The molecular weight excluding hydrogens is 332 g/mol. The second-order valence-corrected chi connectivity index (χ2v) is 7.17. The quantitative estimate of drug-likeness (QED) is 0.808. The standard InChI is InChI=1S/C20H22N2O2S/c1-15-6-2-3-9-18(15)25-14-19(23)21-13-16-7-4-8-17(12-16)22-11-5-10-20(22)24/h2-4,6-9,12H,5,10-11,13-14H2,1H3,(H,21,23). The third-order valence-electron chi connectivity index (χ3n) is 4.24. The van der Waals surface area contributed by atoms with E-state index >= 15 is 0 Å². The van der Waals surface area contributed by atoms with Crippen LogP contribution in [0, 0.1) is 6.92 Å². The van der Waals surface area contributed by atoms with E-state index in [0.717, 1.165) is 29.1 Å². The van der Waals surface area contributed by atoms with Gasteiger partial charge in [-0.1, -0.05) is 30.3 Å². The van der Waals surface area contributed by atoms with Crippen LogP contribution in [0.2, 0.25) is 0 Å². The monoisotopic (exact) mass is 354 g/mol. The maximum Gasteiger partial charge on any atom is 0.230 e. The number of rotatable bonds is 6. The van der Waals surface area contributed by atoms with Gasteiger partial charge in [-0.15, -0.1) is 11.8 Å². The van der Waals surface area contributed by atoms with Gasteiger partial charge in [-0.2, -0.15) is 0 Å². The lowest BCUT2D eigenvalue weighted by Crippen LogP contribution is -2.26. The maximum absolute atomic E-state index is 12.1. The molecule has 1 aliphatic heterocycles. The molecule has 0 radical (unpaired) electrons. The molecular formula is C20H22N2O2S. The van der Waals surface area contributed by atoms with Gasteiger partial charge in [-0.25, -0.2) is 0 Å². The number of nitrogens with zero attached hydrogens (tertiary/aromatic N) is 1. The first-order chi connectivity index (χ1) is 12.1. The number of carbonyl (C=O) groups is 2. The number of thioether (sulfide) groups is 1. The van der Waals surface area contributed by atoms with Crippen LogP contribution >= 0.6 is 11.8 Å². The molecule has 25 heavy (non-hydrogen) atoms. The van der Waals surface area contributed by atoms with Crippen molar-refractivity contribution in [1.82, 2.24) is 5.32 Å². The highest BCUT2D eigenvalue weighted by atomic mass is 32.2. The Balaban J connectivity index is 1.52. The van der Waals surface area contributed by atoms with Crippen molar-refractivity contribution in [1.29, 1.82) is 0 Å². The van der Waals surface area contributed by atoms with Gasteiger partial charge >= 0.3 is 0 Å². The van der Waals surface area contributed by atoms with Crippen molar-refractivity contribution in [3.05, 3.63) is 59.7 Å². The fourth-order valence-corrected chi connectivity index (χ4v) is 3.73. The Morgan fingerprint density at radius 1 is 1.20 bits per heavy atom. The lowest BCUT2D eigenvalue weighted by Gasteiger charge is -2.16. The van der Waals surface area contributed by atoms with Crippen molar-refractivity contribution in [3.8, 4) is 0 Å². The van der Waals surface area contributed by atoms with Gasteiger partial charge < -0.3 is 10.2 Å². The van der Waals surface area contributed by atoms with Crippen LogP contribution in [0.1, 0.15) is 24.0 Å². The van der Waals surface area contributed by atoms with E-state index in [-0.39, 0.29) is 11.8 Å². The van der Waals surface area contributed by atoms with Gasteiger partial charge in [-0.05, 0) is 42.7 Å². The molecule has 0 aromatic heterocycles. The summed E-state index contributed by atoms with van der Waals surface area (Å²) in [6, 6.07) is 15.9.